The van der Waals surface area contributed by atoms with Crippen LogP contribution in [-0.2, 0) is 4.79 Å². The van der Waals surface area contributed by atoms with E-state index < -0.39 is 0 Å². The normalized spacial score (nSPS) is 11.8. The maximum absolute atomic E-state index is 11.1. The third-order valence-electron chi connectivity index (χ3n) is 1.49. The first-order valence-electron chi connectivity index (χ1n) is 4.01. The van der Waals surface area contributed by atoms with Crippen LogP contribution in [0.15, 0.2) is 0 Å². The molecule has 0 saturated carbocycles. The highest BCUT2D eigenvalue weighted by Crippen LogP contribution is 1.91. The van der Waals surface area contributed by atoms with Crippen LogP contribution in [-0.4, -0.2) is 26.0 Å². The molecule has 0 aromatic heterocycles. The Hall–Kier alpha value is -1.08. The van der Waals surface area contributed by atoms with Gasteiger partial charge in [0.2, 0.25) is 5.91 Å². The molecule has 0 aliphatic rings. The van der Waals surface area contributed by atoms with Gasteiger partial charge in [-0.05, 0) is 7.05 Å². The summed E-state index contributed by atoms with van der Waals surface area (Å²) in [5, 5.41) is 13.8. The Kier molecular flexibility index (Phi) is 6.02. The van der Waals surface area contributed by atoms with Gasteiger partial charge >= 0.3 is 0 Å². The number of nitriles is 1. The van der Waals surface area contributed by atoms with Crippen molar-refractivity contribution in [3.05, 3.63) is 0 Å². The summed E-state index contributed by atoms with van der Waals surface area (Å²) in [5.74, 6) is -0.0340. The number of rotatable bonds is 5. The molecule has 0 radical (unpaired) electrons. The summed E-state index contributed by atoms with van der Waals surface area (Å²) in [6.07, 6.45) is 0.373. The molecule has 1 unspecified atom stereocenters. The van der Waals surface area contributed by atoms with Gasteiger partial charge in [0.05, 0.1) is 12.5 Å². The molecule has 0 fully saturated rings. The van der Waals surface area contributed by atoms with Crippen LogP contribution in [0, 0.1) is 17.2 Å². The van der Waals surface area contributed by atoms with E-state index in [0.29, 0.717) is 19.5 Å². The number of carbonyl (C=O) groups excluding carboxylic acids is 1. The molecule has 0 aliphatic heterocycles. The molecule has 12 heavy (non-hydrogen) atoms. The average molecular weight is 169 g/mol. The number of amides is 1. The van der Waals surface area contributed by atoms with Crippen molar-refractivity contribution in [3.63, 3.8) is 0 Å². The number of nitrogens with zero attached hydrogens (tertiary/aromatic N) is 1. The Morgan fingerprint density at radius 3 is 2.83 bits per heavy atom. The van der Waals surface area contributed by atoms with E-state index in [1.807, 2.05) is 13.0 Å². The second kappa shape index (κ2) is 6.62. The minimum Gasteiger partial charge on any atom is -0.355 e. The van der Waals surface area contributed by atoms with Crippen molar-refractivity contribution in [2.24, 2.45) is 5.92 Å². The minimum atomic E-state index is -0.0336. The largest absolute Gasteiger partial charge is 0.355 e. The zero-order valence-electron chi connectivity index (χ0n) is 7.55. The minimum absolute atomic E-state index is 0.000370. The van der Waals surface area contributed by atoms with Crippen molar-refractivity contribution in [1.29, 1.82) is 5.26 Å². The Balaban J connectivity index is 3.51. The number of nitrogens with one attached hydrogen (secondary N) is 2. The van der Waals surface area contributed by atoms with E-state index >= 15 is 0 Å². The molecule has 1 amide bonds. The topological polar surface area (TPSA) is 64.9 Å². The summed E-state index contributed by atoms with van der Waals surface area (Å²) in [5.41, 5.74) is 0. The predicted molar refractivity (Wildman–Crippen MR) is 46.3 cm³/mol. The van der Waals surface area contributed by atoms with Gasteiger partial charge in [0.15, 0.2) is 0 Å². The van der Waals surface area contributed by atoms with Crippen molar-refractivity contribution in [1.82, 2.24) is 10.6 Å². The Labute approximate surface area is 72.9 Å². The molecular weight excluding hydrogens is 154 g/mol. The zero-order valence-corrected chi connectivity index (χ0v) is 7.55. The van der Waals surface area contributed by atoms with E-state index in [4.69, 9.17) is 5.26 Å². The van der Waals surface area contributed by atoms with Gasteiger partial charge < -0.3 is 10.6 Å². The van der Waals surface area contributed by atoms with Gasteiger partial charge in [-0.3, -0.25) is 4.79 Å². The van der Waals surface area contributed by atoms with E-state index in [2.05, 4.69) is 10.6 Å². The lowest BCUT2D eigenvalue weighted by atomic mass is 10.1. The second-order valence-corrected chi connectivity index (χ2v) is 2.66. The average Bonchev–Trinajstić information content (AvgIpc) is 2.05. The highest BCUT2D eigenvalue weighted by atomic mass is 16.1. The molecule has 0 heterocycles. The van der Waals surface area contributed by atoms with Crippen LogP contribution >= 0.6 is 0 Å². The molecule has 4 heteroatoms. The number of carbonyl (C=O) groups is 1. The SMILES string of the molecule is CNCC(C)C(=O)NCCC#N. The van der Waals surface area contributed by atoms with Gasteiger partial charge in [-0.1, -0.05) is 6.92 Å². The van der Waals surface area contributed by atoms with E-state index in [0.717, 1.165) is 0 Å². The van der Waals surface area contributed by atoms with Gasteiger partial charge in [-0.2, -0.15) is 5.26 Å². The molecular formula is C8H15N3O. The van der Waals surface area contributed by atoms with E-state index in [1.54, 1.807) is 7.05 Å². The van der Waals surface area contributed by atoms with Crippen LogP contribution in [0.1, 0.15) is 13.3 Å². The second-order valence-electron chi connectivity index (χ2n) is 2.66. The maximum atomic E-state index is 11.1. The smallest absolute Gasteiger partial charge is 0.224 e. The monoisotopic (exact) mass is 169 g/mol. The molecule has 68 valence electrons. The molecule has 0 aromatic rings. The van der Waals surface area contributed by atoms with E-state index in [1.165, 1.54) is 0 Å². The lowest BCUT2D eigenvalue weighted by Gasteiger charge is -2.09. The molecule has 0 bridgehead atoms. The highest BCUT2D eigenvalue weighted by Gasteiger charge is 2.09. The summed E-state index contributed by atoms with van der Waals surface area (Å²) >= 11 is 0. The quantitative estimate of drug-likeness (QED) is 0.563. The molecule has 0 saturated heterocycles. The van der Waals surface area contributed by atoms with Gasteiger partial charge in [0, 0.05) is 19.0 Å². The van der Waals surface area contributed by atoms with Crippen LogP contribution in [0.5, 0.6) is 0 Å². The van der Waals surface area contributed by atoms with Crippen LogP contribution in [0.4, 0.5) is 0 Å². The fourth-order valence-corrected chi connectivity index (χ4v) is 0.815. The third-order valence-corrected chi connectivity index (χ3v) is 1.49. The van der Waals surface area contributed by atoms with E-state index in [-0.39, 0.29) is 11.8 Å². The molecule has 0 aliphatic carbocycles. The molecule has 4 nitrogen and oxygen atoms in total. The van der Waals surface area contributed by atoms with Crippen LogP contribution < -0.4 is 10.6 Å². The van der Waals surface area contributed by atoms with Crippen LogP contribution in [0.25, 0.3) is 0 Å². The van der Waals surface area contributed by atoms with Crippen molar-refractivity contribution in [2.45, 2.75) is 13.3 Å². The summed E-state index contributed by atoms with van der Waals surface area (Å²) in [6, 6.07) is 1.96. The zero-order chi connectivity index (χ0) is 9.40. The molecule has 1 atom stereocenters. The van der Waals surface area contributed by atoms with Gasteiger partial charge in [0.1, 0.15) is 0 Å². The van der Waals surface area contributed by atoms with Gasteiger partial charge in [0.25, 0.3) is 0 Å². The fourth-order valence-electron chi connectivity index (χ4n) is 0.815. The first-order valence-corrected chi connectivity index (χ1v) is 4.01. The predicted octanol–water partition coefficient (Wildman–Crippen LogP) is -0.128. The van der Waals surface area contributed by atoms with Gasteiger partial charge in [-0.25, -0.2) is 0 Å². The highest BCUT2D eigenvalue weighted by molar-refractivity contribution is 5.78. The standard InChI is InChI=1S/C8H15N3O/c1-7(6-10-2)8(12)11-5-3-4-9/h7,10H,3,5-6H2,1-2H3,(H,11,12). The van der Waals surface area contributed by atoms with Crippen molar-refractivity contribution in [3.8, 4) is 6.07 Å². The lowest BCUT2D eigenvalue weighted by molar-refractivity contribution is -0.124. The molecule has 0 rings (SSSR count). The first kappa shape index (κ1) is 10.9. The third kappa shape index (κ3) is 4.69. The maximum Gasteiger partial charge on any atom is 0.224 e. The summed E-state index contributed by atoms with van der Waals surface area (Å²) in [6.45, 7) is 2.96. The van der Waals surface area contributed by atoms with Crippen LogP contribution in [0.3, 0.4) is 0 Å². The van der Waals surface area contributed by atoms with Crippen molar-refractivity contribution in [2.75, 3.05) is 20.1 Å². The van der Waals surface area contributed by atoms with Gasteiger partial charge in [-0.15, -0.1) is 0 Å². The first-order chi connectivity index (χ1) is 5.72. The van der Waals surface area contributed by atoms with Crippen molar-refractivity contribution >= 4 is 5.91 Å². The number of hydrogen-bond acceptors (Lipinski definition) is 3. The molecule has 0 aromatic carbocycles. The Morgan fingerprint density at radius 1 is 1.67 bits per heavy atom. The summed E-state index contributed by atoms with van der Waals surface area (Å²) < 4.78 is 0. The Morgan fingerprint density at radius 2 is 2.33 bits per heavy atom. The Bertz CT molecular complexity index is 174. The lowest BCUT2D eigenvalue weighted by Crippen LogP contribution is -2.34. The molecule has 2 N–H and O–H groups in total. The fraction of sp³-hybridized carbons (Fsp3) is 0.750. The summed E-state index contributed by atoms with van der Waals surface area (Å²) in [7, 11) is 1.80. The molecule has 0 spiro atoms. The number of hydrogen-bond donors (Lipinski definition) is 2. The van der Waals surface area contributed by atoms with Crippen LogP contribution in [0.2, 0.25) is 0 Å². The van der Waals surface area contributed by atoms with Crippen molar-refractivity contribution < 1.29 is 4.79 Å². The summed E-state index contributed by atoms with van der Waals surface area (Å²) in [4.78, 5) is 11.1. The van der Waals surface area contributed by atoms with E-state index in [9.17, 15) is 4.79 Å².